The van der Waals surface area contributed by atoms with E-state index in [1.165, 1.54) is 0 Å². The maximum Gasteiger partial charge on any atom is 0.169 e. The Labute approximate surface area is 174 Å². The molecule has 4 aliphatic rings. The summed E-state index contributed by atoms with van der Waals surface area (Å²) in [5.74, 6) is 2.11. The van der Waals surface area contributed by atoms with Crippen molar-refractivity contribution in [1.82, 2.24) is 24.8 Å². The lowest BCUT2D eigenvalue weighted by atomic mass is 10.2. The zero-order valence-corrected chi connectivity index (χ0v) is 16.8. The first-order valence-corrected chi connectivity index (χ1v) is 11.0. The molecule has 4 fully saturated rings. The van der Waals surface area contributed by atoms with Gasteiger partial charge in [0.25, 0.3) is 0 Å². The Morgan fingerprint density at radius 1 is 0.900 bits per heavy atom. The standard InChI is InChI=1S/C21H25N7O2/c1-2-14-10-26(9-13(1)29-14)19-7-20(27-11-15-3-4-16(12-27)30-15)28-21(24-19)17(8-23-28)18-5-6-22-25-18/h5-8,13-16H,1-4,9-12H2,(H,22,25). The number of nitrogens with zero attached hydrogens (tertiary/aromatic N) is 6. The Hall–Kier alpha value is -2.65. The van der Waals surface area contributed by atoms with Gasteiger partial charge in [0.2, 0.25) is 0 Å². The topological polar surface area (TPSA) is 83.8 Å². The van der Waals surface area contributed by atoms with Gasteiger partial charge in [-0.3, -0.25) is 5.10 Å². The highest BCUT2D eigenvalue weighted by molar-refractivity contribution is 5.77. The number of anilines is 2. The molecular weight excluding hydrogens is 382 g/mol. The zero-order valence-electron chi connectivity index (χ0n) is 16.8. The number of hydrogen-bond acceptors (Lipinski definition) is 7. The van der Waals surface area contributed by atoms with Crippen molar-refractivity contribution in [3.8, 4) is 11.3 Å². The van der Waals surface area contributed by atoms with E-state index >= 15 is 0 Å². The van der Waals surface area contributed by atoms with Gasteiger partial charge in [-0.2, -0.15) is 14.7 Å². The number of fused-ring (bicyclic) bond motifs is 5. The highest BCUT2D eigenvalue weighted by atomic mass is 16.5. The molecule has 0 spiro atoms. The van der Waals surface area contributed by atoms with Crippen LogP contribution in [0.25, 0.3) is 16.9 Å². The van der Waals surface area contributed by atoms with Crippen LogP contribution < -0.4 is 9.80 Å². The summed E-state index contributed by atoms with van der Waals surface area (Å²) >= 11 is 0. The molecule has 0 radical (unpaired) electrons. The number of hydrogen-bond donors (Lipinski definition) is 1. The van der Waals surface area contributed by atoms with Gasteiger partial charge >= 0.3 is 0 Å². The van der Waals surface area contributed by atoms with Crippen molar-refractivity contribution in [1.29, 1.82) is 0 Å². The quantitative estimate of drug-likeness (QED) is 0.709. The third kappa shape index (κ3) is 2.65. The second-order valence-electron chi connectivity index (χ2n) is 8.96. The molecule has 1 N–H and O–H groups in total. The number of rotatable bonds is 3. The van der Waals surface area contributed by atoms with Crippen molar-refractivity contribution in [2.24, 2.45) is 0 Å². The molecule has 3 aromatic rings. The Kier molecular flexibility index (Phi) is 3.65. The minimum atomic E-state index is 0.317. The molecule has 4 atom stereocenters. The van der Waals surface area contributed by atoms with Crippen LogP contribution in [0.1, 0.15) is 25.7 Å². The fourth-order valence-corrected chi connectivity index (χ4v) is 5.52. The van der Waals surface area contributed by atoms with Crippen LogP contribution in [-0.2, 0) is 9.47 Å². The molecule has 156 valence electrons. The van der Waals surface area contributed by atoms with Gasteiger partial charge in [0, 0.05) is 38.4 Å². The van der Waals surface area contributed by atoms with Gasteiger partial charge in [0.15, 0.2) is 5.65 Å². The summed E-state index contributed by atoms with van der Waals surface area (Å²) in [5, 5.41) is 11.9. The molecule has 30 heavy (non-hydrogen) atoms. The van der Waals surface area contributed by atoms with E-state index in [4.69, 9.17) is 19.6 Å². The molecule has 4 aliphatic heterocycles. The molecule has 4 unspecified atom stereocenters. The van der Waals surface area contributed by atoms with Crippen LogP contribution in [0.3, 0.4) is 0 Å². The SMILES string of the molecule is c1cc(-c2cnn3c(N4CC5CCC(C4)O5)cc(N4CC5CCC(C4)O5)nc23)[nH]n1. The molecule has 7 heterocycles. The first-order valence-electron chi connectivity index (χ1n) is 11.0. The van der Waals surface area contributed by atoms with E-state index < -0.39 is 0 Å². The summed E-state index contributed by atoms with van der Waals surface area (Å²) in [6.07, 6.45) is 9.52. The first kappa shape index (κ1) is 17.1. The summed E-state index contributed by atoms with van der Waals surface area (Å²) < 4.78 is 14.1. The highest BCUT2D eigenvalue weighted by Gasteiger charge is 2.37. The molecule has 9 nitrogen and oxygen atoms in total. The minimum Gasteiger partial charge on any atom is -0.371 e. The number of nitrogens with one attached hydrogen (secondary N) is 1. The van der Waals surface area contributed by atoms with Crippen molar-refractivity contribution in [2.45, 2.75) is 50.1 Å². The highest BCUT2D eigenvalue weighted by Crippen LogP contribution is 2.35. The predicted octanol–water partition coefficient (Wildman–Crippen LogP) is 1.85. The van der Waals surface area contributed by atoms with E-state index in [0.717, 1.165) is 80.4 Å². The molecule has 0 amide bonds. The Morgan fingerprint density at radius 3 is 2.20 bits per heavy atom. The lowest BCUT2D eigenvalue weighted by molar-refractivity contribution is 0.0298. The number of aromatic nitrogens is 5. The number of aromatic amines is 1. The maximum atomic E-state index is 6.08. The van der Waals surface area contributed by atoms with E-state index in [2.05, 4.69) is 26.1 Å². The van der Waals surface area contributed by atoms with Crippen LogP contribution in [0.2, 0.25) is 0 Å². The van der Waals surface area contributed by atoms with E-state index in [1.54, 1.807) is 6.20 Å². The van der Waals surface area contributed by atoms with Crippen molar-refractivity contribution < 1.29 is 9.47 Å². The van der Waals surface area contributed by atoms with Crippen LogP contribution in [0.15, 0.2) is 24.5 Å². The molecule has 3 aromatic heterocycles. The zero-order chi connectivity index (χ0) is 19.7. The van der Waals surface area contributed by atoms with Crippen LogP contribution in [0.4, 0.5) is 11.6 Å². The van der Waals surface area contributed by atoms with E-state index in [1.807, 2.05) is 16.8 Å². The van der Waals surface area contributed by atoms with Gasteiger partial charge in [-0.25, -0.2) is 4.98 Å². The smallest absolute Gasteiger partial charge is 0.169 e. The van der Waals surface area contributed by atoms with Gasteiger partial charge in [-0.1, -0.05) is 0 Å². The Morgan fingerprint density at radius 2 is 1.57 bits per heavy atom. The molecular formula is C21H25N7O2. The summed E-state index contributed by atoms with van der Waals surface area (Å²) in [6, 6.07) is 4.18. The number of ether oxygens (including phenoxy) is 2. The Balaban J connectivity index is 1.36. The number of morpholine rings is 2. The van der Waals surface area contributed by atoms with Crippen molar-refractivity contribution in [2.75, 3.05) is 36.0 Å². The molecule has 9 heteroatoms. The first-order chi connectivity index (χ1) is 14.8. The average Bonchev–Trinajstić information content (AvgIpc) is 3.55. The van der Waals surface area contributed by atoms with Crippen LogP contribution >= 0.6 is 0 Å². The summed E-state index contributed by atoms with van der Waals surface area (Å²) in [6.45, 7) is 3.62. The van der Waals surface area contributed by atoms with Gasteiger partial charge < -0.3 is 19.3 Å². The molecule has 0 aliphatic carbocycles. The largest absolute Gasteiger partial charge is 0.371 e. The fourth-order valence-electron chi connectivity index (χ4n) is 5.52. The van der Waals surface area contributed by atoms with Crippen LogP contribution in [0, 0.1) is 0 Å². The van der Waals surface area contributed by atoms with Gasteiger partial charge in [0.05, 0.1) is 41.9 Å². The monoisotopic (exact) mass is 407 g/mol. The van der Waals surface area contributed by atoms with Gasteiger partial charge in [-0.15, -0.1) is 0 Å². The van der Waals surface area contributed by atoms with Crippen molar-refractivity contribution in [3.05, 3.63) is 24.5 Å². The molecule has 4 saturated heterocycles. The normalized spacial score (nSPS) is 30.5. The third-order valence-corrected chi connectivity index (χ3v) is 6.97. The predicted molar refractivity (Wildman–Crippen MR) is 111 cm³/mol. The third-order valence-electron chi connectivity index (χ3n) is 6.97. The van der Waals surface area contributed by atoms with E-state index in [9.17, 15) is 0 Å². The van der Waals surface area contributed by atoms with Crippen LogP contribution in [0.5, 0.6) is 0 Å². The second-order valence-corrected chi connectivity index (χ2v) is 8.96. The van der Waals surface area contributed by atoms with E-state index in [0.29, 0.717) is 24.4 Å². The van der Waals surface area contributed by atoms with Crippen molar-refractivity contribution >= 4 is 17.3 Å². The molecule has 4 bridgehead atoms. The molecule has 0 aromatic carbocycles. The maximum absolute atomic E-state index is 6.08. The average molecular weight is 407 g/mol. The Bertz CT molecular complexity index is 1060. The number of H-pyrrole nitrogens is 1. The second kappa shape index (κ2) is 6.42. The lowest BCUT2D eigenvalue weighted by Crippen LogP contribution is -2.45. The van der Waals surface area contributed by atoms with Crippen molar-refractivity contribution in [3.63, 3.8) is 0 Å². The van der Waals surface area contributed by atoms with E-state index in [-0.39, 0.29) is 0 Å². The fraction of sp³-hybridized carbons (Fsp3) is 0.571. The van der Waals surface area contributed by atoms with Gasteiger partial charge in [0.1, 0.15) is 11.6 Å². The van der Waals surface area contributed by atoms with Gasteiger partial charge in [-0.05, 0) is 31.7 Å². The van der Waals surface area contributed by atoms with Crippen LogP contribution in [-0.4, -0.2) is 75.4 Å². The lowest BCUT2D eigenvalue weighted by Gasteiger charge is -2.36. The summed E-state index contributed by atoms with van der Waals surface area (Å²) in [4.78, 5) is 9.92. The molecule has 0 saturated carbocycles. The summed E-state index contributed by atoms with van der Waals surface area (Å²) in [5.41, 5.74) is 2.78. The summed E-state index contributed by atoms with van der Waals surface area (Å²) in [7, 11) is 0. The minimum absolute atomic E-state index is 0.317. The molecule has 7 rings (SSSR count).